The molecule has 36 heavy (non-hydrogen) atoms. The summed E-state index contributed by atoms with van der Waals surface area (Å²) < 4.78 is 48.3. The number of anilines is 2. The molecule has 0 bridgehead atoms. The van der Waals surface area contributed by atoms with E-state index in [1.54, 1.807) is 29.2 Å². The lowest BCUT2D eigenvalue weighted by atomic mass is 10.1. The third-order valence-electron chi connectivity index (χ3n) is 6.06. The van der Waals surface area contributed by atoms with E-state index in [1.807, 2.05) is 12.1 Å². The fourth-order valence-corrected chi connectivity index (χ4v) is 4.09. The number of carbonyl (C=O) groups excluding carboxylic acids is 1. The van der Waals surface area contributed by atoms with Crippen LogP contribution in [0.5, 0.6) is 0 Å². The summed E-state index contributed by atoms with van der Waals surface area (Å²) in [5.74, 6) is -3.78. The molecule has 1 aromatic heterocycles. The smallest absolute Gasteiger partial charge is 0.270 e. The molecule has 0 spiro atoms. The average Bonchev–Trinajstić information content (AvgIpc) is 3.37. The van der Waals surface area contributed by atoms with Crippen molar-refractivity contribution in [2.24, 2.45) is 5.73 Å². The number of hydrogen-bond donors (Lipinski definition) is 2. The van der Waals surface area contributed by atoms with Crippen molar-refractivity contribution in [2.75, 3.05) is 23.4 Å². The van der Waals surface area contributed by atoms with Crippen LogP contribution in [0.3, 0.4) is 0 Å². The molecule has 1 aliphatic heterocycles. The number of alkyl halides is 2. The lowest BCUT2D eigenvalue weighted by Crippen LogP contribution is -2.36. The van der Waals surface area contributed by atoms with Gasteiger partial charge in [-0.2, -0.15) is 4.39 Å². The summed E-state index contributed by atoms with van der Waals surface area (Å²) >= 11 is 0. The topological polar surface area (TPSA) is 93.4 Å². The van der Waals surface area contributed by atoms with Gasteiger partial charge in [-0.05, 0) is 23.1 Å². The van der Waals surface area contributed by atoms with Gasteiger partial charge >= 0.3 is 0 Å². The maximum Gasteiger partial charge on any atom is 0.270 e. The molecule has 10 heteroatoms. The van der Waals surface area contributed by atoms with Crippen LogP contribution < -0.4 is 16.0 Å². The van der Waals surface area contributed by atoms with Gasteiger partial charge in [-0.1, -0.05) is 48.5 Å². The number of nitrogens with two attached hydrogens (primary N) is 1. The minimum Gasteiger partial charge on any atom is -0.379 e. The molecule has 1 unspecified atom stereocenters. The number of nitrogens with one attached hydrogen (secondary N) is 1. The maximum absolute atomic E-state index is 15.6. The summed E-state index contributed by atoms with van der Waals surface area (Å²) in [5.41, 5.74) is 7.56. The third kappa shape index (κ3) is 6.31. The normalized spacial score (nSPS) is 15.6. The first-order valence-electron chi connectivity index (χ1n) is 11.6. The van der Waals surface area contributed by atoms with Crippen molar-refractivity contribution in [1.29, 1.82) is 0 Å². The predicted octanol–water partition coefficient (Wildman–Crippen LogP) is 4.16. The summed E-state index contributed by atoms with van der Waals surface area (Å²) in [6, 6.07) is 13.1. The van der Waals surface area contributed by atoms with E-state index in [-0.39, 0.29) is 36.2 Å². The number of aromatic nitrogens is 2. The molecule has 3 N–H and O–H groups in total. The molecular weight excluding hydrogens is 471 g/mol. The Kier molecular flexibility index (Phi) is 7.73. The Morgan fingerprint density at radius 3 is 2.39 bits per heavy atom. The molecule has 0 radical (unpaired) electrons. The van der Waals surface area contributed by atoms with Gasteiger partial charge in [0, 0.05) is 32.2 Å². The molecule has 0 saturated carbocycles. The van der Waals surface area contributed by atoms with Gasteiger partial charge in [0.15, 0.2) is 11.6 Å². The minimum atomic E-state index is -2.93. The zero-order valence-electron chi connectivity index (χ0n) is 19.9. The molecule has 7 nitrogen and oxygen atoms in total. The average molecular weight is 500 g/mol. The summed E-state index contributed by atoms with van der Waals surface area (Å²) in [6.45, 7) is 2.40. The Morgan fingerprint density at radius 1 is 1.11 bits per heavy atom. The number of ether oxygens (including phenoxy) is 1. The third-order valence-corrected chi connectivity index (χ3v) is 6.06. The molecule has 1 saturated heterocycles. The van der Waals surface area contributed by atoms with E-state index in [0.29, 0.717) is 26.2 Å². The quantitative estimate of drug-likeness (QED) is 0.435. The highest BCUT2D eigenvalue weighted by molar-refractivity contribution is 5.76. The fourth-order valence-electron chi connectivity index (χ4n) is 4.09. The van der Waals surface area contributed by atoms with E-state index >= 15 is 4.39 Å². The summed E-state index contributed by atoms with van der Waals surface area (Å²) in [4.78, 5) is 21.1. The number of primary amides is 1. The largest absolute Gasteiger partial charge is 0.379 e. The molecule has 190 valence electrons. The van der Waals surface area contributed by atoms with Crippen molar-refractivity contribution in [3.05, 3.63) is 82.9 Å². The molecule has 1 fully saturated rings. The van der Waals surface area contributed by atoms with Crippen LogP contribution in [0.2, 0.25) is 0 Å². The van der Waals surface area contributed by atoms with E-state index in [2.05, 4.69) is 15.3 Å². The number of halogens is 3. The highest BCUT2D eigenvalue weighted by atomic mass is 19.3. The second-order valence-electron chi connectivity index (χ2n) is 8.90. The van der Waals surface area contributed by atoms with Crippen LogP contribution in [0.4, 0.5) is 24.8 Å². The molecule has 4 rings (SSSR count). The van der Waals surface area contributed by atoms with E-state index in [1.165, 1.54) is 18.5 Å². The minimum absolute atomic E-state index is 0.0473. The van der Waals surface area contributed by atoms with Crippen molar-refractivity contribution in [3.63, 3.8) is 0 Å². The van der Waals surface area contributed by atoms with Crippen LogP contribution in [-0.2, 0) is 35.0 Å². The standard InChI is InChI=1S/C26H28F3N5O2/c1-26(28,29)20-8-6-19(7-9-20)14-34(21-10-11-36-15-21)25-23(27)24(32-16-33-25)31-13-18-4-2-17(3-5-18)12-22(30)35/h2-9,16,21H,10-15H2,1H3,(H2,30,35)(H,31,32,33). The van der Waals surface area contributed by atoms with Gasteiger partial charge in [-0.15, -0.1) is 0 Å². The van der Waals surface area contributed by atoms with E-state index in [0.717, 1.165) is 23.6 Å². The van der Waals surface area contributed by atoms with E-state index < -0.39 is 17.6 Å². The molecule has 2 heterocycles. The van der Waals surface area contributed by atoms with E-state index in [4.69, 9.17) is 10.5 Å². The number of hydrogen-bond acceptors (Lipinski definition) is 6. The van der Waals surface area contributed by atoms with Gasteiger partial charge < -0.3 is 20.7 Å². The zero-order chi connectivity index (χ0) is 25.7. The van der Waals surface area contributed by atoms with Gasteiger partial charge in [0.05, 0.1) is 19.1 Å². The van der Waals surface area contributed by atoms with Gasteiger partial charge in [0.1, 0.15) is 6.33 Å². The van der Waals surface area contributed by atoms with Crippen LogP contribution in [0.1, 0.15) is 35.6 Å². The molecule has 2 aromatic carbocycles. The molecular formula is C26H28F3N5O2. The number of amides is 1. The Labute approximate surface area is 207 Å². The monoisotopic (exact) mass is 499 g/mol. The molecule has 0 aliphatic carbocycles. The zero-order valence-corrected chi connectivity index (χ0v) is 19.9. The van der Waals surface area contributed by atoms with Crippen LogP contribution >= 0.6 is 0 Å². The van der Waals surface area contributed by atoms with Crippen molar-refractivity contribution in [1.82, 2.24) is 9.97 Å². The van der Waals surface area contributed by atoms with Gasteiger partial charge in [0.2, 0.25) is 11.7 Å². The molecule has 1 atom stereocenters. The Hall–Kier alpha value is -3.66. The number of benzene rings is 2. The van der Waals surface area contributed by atoms with Crippen molar-refractivity contribution < 1.29 is 22.7 Å². The number of nitrogens with zero attached hydrogens (tertiary/aromatic N) is 3. The predicted molar refractivity (Wildman–Crippen MR) is 130 cm³/mol. The van der Waals surface area contributed by atoms with Gasteiger partial charge in [0.25, 0.3) is 5.92 Å². The van der Waals surface area contributed by atoms with E-state index in [9.17, 15) is 13.6 Å². The highest BCUT2D eigenvalue weighted by Crippen LogP contribution is 2.30. The maximum atomic E-state index is 15.6. The lowest BCUT2D eigenvalue weighted by molar-refractivity contribution is -0.117. The Bertz CT molecular complexity index is 1180. The van der Waals surface area contributed by atoms with Gasteiger partial charge in [-0.3, -0.25) is 4.79 Å². The Morgan fingerprint density at radius 2 is 1.78 bits per heavy atom. The van der Waals surface area contributed by atoms with Crippen molar-refractivity contribution in [3.8, 4) is 0 Å². The SMILES string of the molecule is CC(F)(F)c1ccc(CN(c2ncnc(NCc3ccc(CC(N)=O)cc3)c2F)C2CCOC2)cc1. The number of rotatable bonds is 10. The second kappa shape index (κ2) is 10.9. The van der Waals surface area contributed by atoms with Crippen LogP contribution in [0.15, 0.2) is 54.9 Å². The van der Waals surface area contributed by atoms with Gasteiger partial charge in [-0.25, -0.2) is 18.7 Å². The number of carbonyl (C=O) groups is 1. The van der Waals surface area contributed by atoms with Crippen molar-refractivity contribution >= 4 is 17.5 Å². The molecule has 1 amide bonds. The summed E-state index contributed by atoms with van der Waals surface area (Å²) in [5, 5.41) is 3.00. The molecule has 1 aliphatic rings. The fraction of sp³-hybridized carbons (Fsp3) is 0.346. The highest BCUT2D eigenvalue weighted by Gasteiger charge is 2.29. The first kappa shape index (κ1) is 25.4. The first-order valence-corrected chi connectivity index (χ1v) is 11.6. The van der Waals surface area contributed by atoms with Crippen LogP contribution in [-0.4, -0.2) is 35.1 Å². The summed E-state index contributed by atoms with van der Waals surface area (Å²) in [7, 11) is 0. The molecule has 3 aromatic rings. The van der Waals surface area contributed by atoms with Crippen molar-refractivity contribution in [2.45, 2.75) is 44.8 Å². The Balaban J connectivity index is 1.52. The first-order chi connectivity index (χ1) is 17.2. The summed E-state index contributed by atoms with van der Waals surface area (Å²) in [6.07, 6.45) is 2.14. The lowest BCUT2D eigenvalue weighted by Gasteiger charge is -2.30. The van der Waals surface area contributed by atoms with Crippen LogP contribution in [0, 0.1) is 5.82 Å². The van der Waals surface area contributed by atoms with Crippen LogP contribution in [0.25, 0.3) is 0 Å². The second-order valence-corrected chi connectivity index (χ2v) is 8.90.